The Morgan fingerprint density at radius 3 is 2.63 bits per heavy atom. The number of nitrogens with zero attached hydrogens (tertiary/aromatic N) is 3. The highest BCUT2D eigenvalue weighted by atomic mass is 32.2. The summed E-state index contributed by atoms with van der Waals surface area (Å²) in [5, 5.41) is 19.2. The first kappa shape index (κ1) is 18.9. The number of nitrogens with two attached hydrogens (primary N) is 1. The maximum Gasteiger partial charge on any atom is 0.244 e. The number of anilines is 1. The Morgan fingerprint density at radius 1 is 1.26 bits per heavy atom. The van der Waals surface area contributed by atoms with E-state index in [1.54, 1.807) is 56.3 Å². The van der Waals surface area contributed by atoms with Gasteiger partial charge in [0.2, 0.25) is 16.0 Å². The lowest BCUT2D eigenvalue weighted by Crippen LogP contribution is -2.23. The predicted octanol–water partition coefficient (Wildman–Crippen LogP) is 2.35. The summed E-state index contributed by atoms with van der Waals surface area (Å²) in [5.74, 6) is -0.116. The zero-order valence-electron chi connectivity index (χ0n) is 15.0. The Bertz CT molecular complexity index is 1140. The van der Waals surface area contributed by atoms with E-state index in [4.69, 9.17) is 11.0 Å². The van der Waals surface area contributed by atoms with Gasteiger partial charge in [0.25, 0.3) is 0 Å². The lowest BCUT2D eigenvalue weighted by molar-refractivity contribution is 0.219. The molecule has 1 heterocycles. The highest BCUT2D eigenvalue weighted by Gasteiger charge is 2.25. The third-order valence-corrected chi connectivity index (χ3v) is 6.53. The molecule has 0 amide bonds. The van der Waals surface area contributed by atoms with Gasteiger partial charge in [-0.3, -0.25) is 0 Å². The average Bonchev–Trinajstić information content (AvgIpc) is 2.97. The smallest absolute Gasteiger partial charge is 0.244 e. The van der Waals surface area contributed by atoms with Gasteiger partial charge in [-0.15, -0.1) is 0 Å². The maximum absolute atomic E-state index is 12.7. The fourth-order valence-corrected chi connectivity index (χ4v) is 4.11. The van der Waals surface area contributed by atoms with Gasteiger partial charge in [-0.2, -0.15) is 5.26 Å². The van der Waals surface area contributed by atoms with E-state index >= 15 is 0 Å². The van der Waals surface area contributed by atoms with Crippen LogP contribution in [0, 0.1) is 11.3 Å². The van der Waals surface area contributed by atoms with Crippen LogP contribution < -0.4 is 5.73 Å². The Labute approximate surface area is 157 Å². The number of rotatable bonds is 5. The lowest BCUT2D eigenvalue weighted by atomic mass is 9.95. The number of aliphatic hydroxyl groups excluding tert-OH is 1. The molecule has 27 heavy (non-hydrogen) atoms. The summed E-state index contributed by atoms with van der Waals surface area (Å²) < 4.78 is 26.3. The minimum atomic E-state index is -3.71. The number of imidazole rings is 1. The normalized spacial score (nSPS) is 13.0. The maximum atomic E-state index is 12.7. The van der Waals surface area contributed by atoms with E-state index in [9.17, 15) is 13.5 Å². The van der Waals surface area contributed by atoms with E-state index in [-0.39, 0.29) is 12.4 Å². The van der Waals surface area contributed by atoms with E-state index in [0.717, 1.165) is 9.54 Å². The van der Waals surface area contributed by atoms with E-state index in [1.807, 2.05) is 0 Å². The van der Waals surface area contributed by atoms with Gasteiger partial charge < -0.3 is 10.8 Å². The summed E-state index contributed by atoms with van der Waals surface area (Å²) in [6.07, 6.45) is -0.840. The molecule has 3 aromatic rings. The van der Waals surface area contributed by atoms with Gasteiger partial charge in [-0.05, 0) is 42.7 Å². The Hall–Kier alpha value is -2.89. The largest absolute Gasteiger partial charge is 0.384 e. The van der Waals surface area contributed by atoms with Crippen LogP contribution in [0.1, 0.15) is 36.6 Å². The van der Waals surface area contributed by atoms with Crippen LogP contribution in [0.25, 0.3) is 11.0 Å². The molecule has 2 aromatic carbocycles. The molecule has 1 atom stereocenters. The van der Waals surface area contributed by atoms with Gasteiger partial charge in [0.05, 0.1) is 28.8 Å². The SMILES string of the molecule is CC(C)S(=O)(=O)n1c(N)nc2ccc(C(O)c3ccccc3CC#N)cc21. The van der Waals surface area contributed by atoms with Crippen LogP contribution in [-0.2, 0) is 16.4 Å². The van der Waals surface area contributed by atoms with Gasteiger partial charge in [0.15, 0.2) is 0 Å². The van der Waals surface area contributed by atoms with E-state index < -0.39 is 21.4 Å². The van der Waals surface area contributed by atoms with E-state index in [0.29, 0.717) is 22.2 Å². The molecule has 1 aromatic heterocycles. The molecule has 0 bridgehead atoms. The van der Waals surface area contributed by atoms with Crippen molar-refractivity contribution in [3.8, 4) is 6.07 Å². The fraction of sp³-hybridized carbons (Fsp3) is 0.263. The molecule has 0 spiro atoms. The van der Waals surface area contributed by atoms with Crippen LogP contribution in [0.15, 0.2) is 42.5 Å². The van der Waals surface area contributed by atoms with Gasteiger partial charge in [0.1, 0.15) is 6.10 Å². The van der Waals surface area contributed by atoms with E-state index in [2.05, 4.69) is 11.1 Å². The molecule has 0 radical (unpaired) electrons. The monoisotopic (exact) mass is 384 g/mol. The van der Waals surface area contributed by atoms with Gasteiger partial charge in [0, 0.05) is 0 Å². The van der Waals surface area contributed by atoms with Crippen molar-refractivity contribution >= 4 is 27.0 Å². The lowest BCUT2D eigenvalue weighted by Gasteiger charge is -2.16. The molecule has 7 nitrogen and oxygen atoms in total. The van der Waals surface area contributed by atoms with Crippen molar-refractivity contribution in [2.45, 2.75) is 31.6 Å². The Morgan fingerprint density at radius 2 is 1.96 bits per heavy atom. The summed E-state index contributed by atoms with van der Waals surface area (Å²) in [5.41, 5.74) is 8.41. The number of benzene rings is 2. The van der Waals surface area contributed by atoms with Crippen molar-refractivity contribution in [2.24, 2.45) is 0 Å². The molecule has 3 rings (SSSR count). The second kappa shape index (κ2) is 7.02. The van der Waals surface area contributed by atoms with Crippen molar-refractivity contribution in [2.75, 3.05) is 5.73 Å². The second-order valence-electron chi connectivity index (χ2n) is 6.51. The fourth-order valence-electron chi connectivity index (χ4n) is 2.96. The summed E-state index contributed by atoms with van der Waals surface area (Å²) in [4.78, 5) is 4.12. The molecular weight excluding hydrogens is 364 g/mol. The summed E-state index contributed by atoms with van der Waals surface area (Å²) >= 11 is 0. The molecule has 0 aliphatic heterocycles. The zero-order chi connectivity index (χ0) is 19.8. The topological polar surface area (TPSA) is 122 Å². The van der Waals surface area contributed by atoms with Crippen LogP contribution in [0.2, 0.25) is 0 Å². The van der Waals surface area contributed by atoms with E-state index in [1.165, 1.54) is 0 Å². The molecule has 140 valence electrons. The number of nitrogen functional groups attached to an aromatic ring is 1. The van der Waals surface area contributed by atoms with Crippen LogP contribution in [0.3, 0.4) is 0 Å². The van der Waals surface area contributed by atoms with Crippen molar-refractivity contribution in [1.29, 1.82) is 5.26 Å². The molecule has 1 unspecified atom stereocenters. The first-order chi connectivity index (χ1) is 12.8. The number of hydrogen-bond acceptors (Lipinski definition) is 6. The molecule has 3 N–H and O–H groups in total. The van der Waals surface area contributed by atoms with Gasteiger partial charge in [-0.1, -0.05) is 30.3 Å². The quantitative estimate of drug-likeness (QED) is 0.696. The molecular formula is C19H20N4O3S. The summed E-state index contributed by atoms with van der Waals surface area (Å²) in [6.45, 7) is 3.13. The van der Waals surface area contributed by atoms with Crippen molar-refractivity contribution in [3.05, 3.63) is 59.2 Å². The molecule has 0 aliphatic rings. The first-order valence-electron chi connectivity index (χ1n) is 8.42. The molecule has 0 saturated heterocycles. The van der Waals surface area contributed by atoms with Gasteiger partial charge >= 0.3 is 0 Å². The number of hydrogen-bond donors (Lipinski definition) is 2. The number of fused-ring (bicyclic) bond motifs is 1. The first-order valence-corrected chi connectivity index (χ1v) is 9.92. The van der Waals surface area contributed by atoms with Crippen LogP contribution in [0.5, 0.6) is 0 Å². The Kier molecular flexibility index (Phi) is 4.91. The highest BCUT2D eigenvalue weighted by Crippen LogP contribution is 2.30. The van der Waals surface area contributed by atoms with Crippen molar-refractivity contribution in [3.63, 3.8) is 0 Å². The summed E-state index contributed by atoms with van der Waals surface area (Å²) in [7, 11) is -3.71. The van der Waals surface area contributed by atoms with Crippen LogP contribution in [0.4, 0.5) is 5.95 Å². The third kappa shape index (κ3) is 3.27. The minimum absolute atomic E-state index is 0.116. The number of aliphatic hydroxyl groups is 1. The molecule has 0 saturated carbocycles. The van der Waals surface area contributed by atoms with Crippen LogP contribution in [-0.4, -0.2) is 27.7 Å². The third-order valence-electron chi connectivity index (χ3n) is 4.45. The highest BCUT2D eigenvalue weighted by molar-refractivity contribution is 7.90. The Balaban J connectivity index is 2.17. The molecule has 8 heteroatoms. The predicted molar refractivity (Wildman–Crippen MR) is 103 cm³/mol. The standard InChI is InChI=1S/C19H20N4O3S/c1-12(2)27(25,26)23-17-11-14(7-8-16(17)22-19(23)21)18(24)15-6-4-3-5-13(15)9-10-20/h3-8,11-12,18,24H,9H2,1-2H3,(H2,21,22). The number of aromatic nitrogens is 2. The summed E-state index contributed by atoms with van der Waals surface area (Å²) in [6, 6.07) is 14.1. The van der Waals surface area contributed by atoms with Crippen molar-refractivity contribution in [1.82, 2.24) is 8.96 Å². The van der Waals surface area contributed by atoms with Gasteiger partial charge in [-0.25, -0.2) is 17.4 Å². The minimum Gasteiger partial charge on any atom is -0.384 e. The average molecular weight is 384 g/mol. The molecule has 0 fully saturated rings. The van der Waals surface area contributed by atoms with Crippen molar-refractivity contribution < 1.29 is 13.5 Å². The number of nitriles is 1. The second-order valence-corrected chi connectivity index (χ2v) is 8.85. The van der Waals surface area contributed by atoms with Crippen LogP contribution >= 0.6 is 0 Å². The zero-order valence-corrected chi connectivity index (χ0v) is 15.8. The molecule has 0 aliphatic carbocycles.